The molecule has 0 saturated carbocycles. The lowest BCUT2D eigenvalue weighted by Gasteiger charge is -2.01. The predicted octanol–water partition coefficient (Wildman–Crippen LogP) is 0.835. The first kappa shape index (κ1) is 7.79. The molecule has 0 atom stereocenters. The molecule has 0 aromatic heterocycles. The molecule has 13 heavy (non-hydrogen) atoms. The molecule has 1 aliphatic heterocycles. The Bertz CT molecular complexity index is 423. The van der Waals surface area contributed by atoms with Crippen LogP contribution in [0.2, 0.25) is 0 Å². The SMILES string of the molecule is Cc1cc2c(cc1O)NC(=O)C2=O. The molecule has 0 unspecified atom stereocenters. The first-order chi connectivity index (χ1) is 6.09. The van der Waals surface area contributed by atoms with Crippen molar-refractivity contribution in [3.05, 3.63) is 23.3 Å². The lowest BCUT2D eigenvalue weighted by atomic mass is 10.1. The maximum absolute atomic E-state index is 11.2. The molecule has 1 amide bonds. The van der Waals surface area contributed by atoms with E-state index in [1.165, 1.54) is 12.1 Å². The van der Waals surface area contributed by atoms with E-state index in [4.69, 9.17) is 0 Å². The van der Waals surface area contributed by atoms with Gasteiger partial charge in [0.1, 0.15) is 5.75 Å². The molecule has 1 aliphatic rings. The minimum Gasteiger partial charge on any atom is -0.508 e. The summed E-state index contributed by atoms with van der Waals surface area (Å²) in [7, 11) is 0. The number of hydrogen-bond acceptors (Lipinski definition) is 3. The molecule has 0 fully saturated rings. The Hall–Kier alpha value is -1.84. The lowest BCUT2D eigenvalue weighted by Crippen LogP contribution is -2.12. The van der Waals surface area contributed by atoms with Crippen molar-refractivity contribution in [2.75, 3.05) is 5.32 Å². The largest absolute Gasteiger partial charge is 0.508 e. The van der Waals surface area contributed by atoms with Gasteiger partial charge >= 0.3 is 0 Å². The van der Waals surface area contributed by atoms with Crippen molar-refractivity contribution in [3.8, 4) is 5.75 Å². The van der Waals surface area contributed by atoms with Gasteiger partial charge in [0, 0.05) is 6.07 Å². The standard InChI is InChI=1S/C9H7NO3/c1-4-2-5-6(3-7(4)11)10-9(13)8(5)12/h2-3,11H,1H3,(H,10,12,13). The molecule has 0 spiro atoms. The van der Waals surface area contributed by atoms with E-state index in [-0.39, 0.29) is 5.75 Å². The number of carbonyl (C=O) groups excluding carboxylic acids is 2. The van der Waals surface area contributed by atoms with Crippen LogP contribution < -0.4 is 5.32 Å². The third-order valence-electron chi connectivity index (χ3n) is 2.04. The number of rotatable bonds is 0. The van der Waals surface area contributed by atoms with E-state index in [0.717, 1.165) is 0 Å². The van der Waals surface area contributed by atoms with Gasteiger partial charge in [0.25, 0.3) is 11.7 Å². The number of anilines is 1. The number of hydrogen-bond donors (Lipinski definition) is 2. The van der Waals surface area contributed by atoms with Crippen molar-refractivity contribution in [1.29, 1.82) is 0 Å². The summed E-state index contributed by atoms with van der Waals surface area (Å²) in [5.74, 6) is -1.10. The number of ketones is 1. The normalized spacial score (nSPS) is 14.2. The molecule has 4 heteroatoms. The second-order valence-corrected chi connectivity index (χ2v) is 2.97. The second kappa shape index (κ2) is 2.32. The quantitative estimate of drug-likeness (QED) is 0.577. The minimum absolute atomic E-state index is 0.0775. The van der Waals surface area contributed by atoms with Crippen molar-refractivity contribution in [1.82, 2.24) is 0 Å². The van der Waals surface area contributed by atoms with E-state index in [2.05, 4.69) is 5.32 Å². The van der Waals surface area contributed by atoms with Crippen molar-refractivity contribution in [3.63, 3.8) is 0 Å². The summed E-state index contributed by atoms with van der Waals surface area (Å²) >= 11 is 0. The van der Waals surface area contributed by atoms with E-state index >= 15 is 0 Å². The van der Waals surface area contributed by atoms with Crippen LogP contribution in [0.5, 0.6) is 5.75 Å². The van der Waals surface area contributed by atoms with Crippen LogP contribution in [-0.4, -0.2) is 16.8 Å². The molecule has 0 radical (unpaired) electrons. The summed E-state index contributed by atoms with van der Waals surface area (Å²) in [6, 6.07) is 2.89. The van der Waals surface area contributed by atoms with Crippen LogP contribution in [-0.2, 0) is 4.79 Å². The molecule has 1 aromatic rings. The van der Waals surface area contributed by atoms with E-state index in [9.17, 15) is 14.7 Å². The molecule has 0 saturated heterocycles. The van der Waals surface area contributed by atoms with Crippen molar-refractivity contribution < 1.29 is 14.7 Å². The lowest BCUT2D eigenvalue weighted by molar-refractivity contribution is -0.112. The fourth-order valence-electron chi connectivity index (χ4n) is 1.29. The van der Waals surface area contributed by atoms with Crippen molar-refractivity contribution in [2.45, 2.75) is 6.92 Å². The summed E-state index contributed by atoms with van der Waals surface area (Å²) < 4.78 is 0. The highest BCUT2D eigenvalue weighted by Gasteiger charge is 2.28. The van der Waals surface area contributed by atoms with Crippen LogP contribution in [0.1, 0.15) is 15.9 Å². The number of aryl methyl sites for hydroxylation is 1. The molecule has 4 nitrogen and oxygen atoms in total. The first-order valence-corrected chi connectivity index (χ1v) is 3.79. The van der Waals surface area contributed by atoms with E-state index in [1.54, 1.807) is 6.92 Å². The summed E-state index contributed by atoms with van der Waals surface area (Å²) in [6.07, 6.45) is 0. The zero-order valence-corrected chi connectivity index (χ0v) is 6.92. The first-order valence-electron chi connectivity index (χ1n) is 3.79. The van der Waals surface area contributed by atoms with Gasteiger partial charge in [0.15, 0.2) is 0 Å². The van der Waals surface area contributed by atoms with Crippen molar-refractivity contribution in [2.24, 2.45) is 0 Å². The van der Waals surface area contributed by atoms with Gasteiger partial charge in [-0.25, -0.2) is 0 Å². The third kappa shape index (κ3) is 0.989. The Kier molecular flexibility index (Phi) is 1.39. The molecule has 0 bridgehead atoms. The number of phenols is 1. The number of Topliss-reactive ketones (excluding diaryl/α,β-unsaturated/α-hetero) is 1. The fraction of sp³-hybridized carbons (Fsp3) is 0.111. The maximum Gasteiger partial charge on any atom is 0.296 e. The van der Waals surface area contributed by atoms with E-state index < -0.39 is 11.7 Å². The van der Waals surface area contributed by atoms with Gasteiger partial charge in [-0.15, -0.1) is 0 Å². The van der Waals surface area contributed by atoms with Crippen LogP contribution in [0.4, 0.5) is 5.69 Å². The van der Waals surface area contributed by atoms with Gasteiger partial charge in [-0.05, 0) is 18.6 Å². The van der Waals surface area contributed by atoms with E-state index in [1.807, 2.05) is 0 Å². The summed E-state index contributed by atoms with van der Waals surface area (Å²) in [6.45, 7) is 1.67. The van der Waals surface area contributed by atoms with Gasteiger partial charge in [-0.2, -0.15) is 0 Å². The van der Waals surface area contributed by atoms with Gasteiger partial charge in [-0.3, -0.25) is 9.59 Å². The van der Waals surface area contributed by atoms with Crippen molar-refractivity contribution >= 4 is 17.4 Å². The van der Waals surface area contributed by atoms with Gasteiger partial charge in [0.2, 0.25) is 0 Å². The molecule has 1 heterocycles. The predicted molar refractivity (Wildman–Crippen MR) is 45.8 cm³/mol. The average Bonchev–Trinajstić information content (AvgIpc) is 2.32. The van der Waals surface area contributed by atoms with Gasteiger partial charge < -0.3 is 10.4 Å². The van der Waals surface area contributed by atoms with Crippen LogP contribution in [0.3, 0.4) is 0 Å². The van der Waals surface area contributed by atoms with Crippen LogP contribution in [0.25, 0.3) is 0 Å². The Balaban J connectivity index is 2.66. The average molecular weight is 177 g/mol. The Morgan fingerprint density at radius 2 is 2.00 bits per heavy atom. The van der Waals surface area contributed by atoms with E-state index in [0.29, 0.717) is 16.8 Å². The summed E-state index contributed by atoms with van der Waals surface area (Å²) in [5, 5.41) is 11.7. The minimum atomic E-state index is -0.639. The molecule has 2 rings (SSSR count). The number of amides is 1. The second-order valence-electron chi connectivity index (χ2n) is 2.97. The molecule has 2 N–H and O–H groups in total. The number of nitrogens with one attached hydrogen (secondary N) is 1. The highest BCUT2D eigenvalue weighted by atomic mass is 16.3. The molecule has 0 aliphatic carbocycles. The van der Waals surface area contributed by atoms with Crippen LogP contribution in [0.15, 0.2) is 12.1 Å². The monoisotopic (exact) mass is 177 g/mol. The third-order valence-corrected chi connectivity index (χ3v) is 2.04. The topological polar surface area (TPSA) is 66.4 Å². The summed E-state index contributed by atoms with van der Waals surface area (Å²) in [5.41, 5.74) is 1.31. The van der Waals surface area contributed by atoms with Gasteiger partial charge in [-0.1, -0.05) is 0 Å². The fourth-order valence-corrected chi connectivity index (χ4v) is 1.29. The highest BCUT2D eigenvalue weighted by molar-refractivity contribution is 6.51. The Morgan fingerprint density at radius 3 is 2.69 bits per heavy atom. The number of fused-ring (bicyclic) bond motifs is 1. The molecular weight excluding hydrogens is 170 g/mol. The zero-order valence-electron chi connectivity index (χ0n) is 6.92. The maximum atomic E-state index is 11.2. The Labute approximate surface area is 74.2 Å². The summed E-state index contributed by atoms with van der Waals surface area (Å²) in [4.78, 5) is 22.1. The molecular formula is C9H7NO3. The number of aromatic hydroxyl groups is 1. The number of benzene rings is 1. The smallest absolute Gasteiger partial charge is 0.296 e. The number of carbonyl (C=O) groups is 2. The van der Waals surface area contributed by atoms with Crippen LogP contribution >= 0.6 is 0 Å². The molecule has 66 valence electrons. The number of phenolic OH excluding ortho intramolecular Hbond substituents is 1. The molecule has 1 aromatic carbocycles. The van der Waals surface area contributed by atoms with Gasteiger partial charge in [0.05, 0.1) is 11.3 Å². The zero-order chi connectivity index (χ0) is 9.59. The Morgan fingerprint density at radius 1 is 1.31 bits per heavy atom. The highest BCUT2D eigenvalue weighted by Crippen LogP contribution is 2.29. The van der Waals surface area contributed by atoms with Crippen LogP contribution in [0, 0.1) is 6.92 Å².